The van der Waals surface area contributed by atoms with Crippen LogP contribution < -0.4 is 0 Å². The molecule has 0 fully saturated rings. The van der Waals surface area contributed by atoms with Crippen molar-refractivity contribution >= 4 is 65.6 Å². The normalized spacial score (nSPS) is 11.8. The highest BCUT2D eigenvalue weighted by Gasteiger charge is 2.20. The lowest BCUT2D eigenvalue weighted by molar-refractivity contribution is 0.669. The molecule has 0 aliphatic heterocycles. The standard InChI is InChI=1S/C57H35N5O/c1-4-15-36(16-5-1)55-58-56(38-27-30-45-43-21-10-12-25-49(43)61(51(45)34-38)40-17-6-2-7-18-40)60-57(59-55)39-28-31-46-48-33-37(29-32-52(48)63-53(46)35-39)42-23-14-24-47-44-22-11-13-26-50(44)62(54(42)47)41-19-8-3-9-20-41/h1-35H. The van der Waals surface area contributed by atoms with Gasteiger partial charge in [-0.1, -0.05) is 146 Å². The van der Waals surface area contributed by atoms with E-state index in [2.05, 4.69) is 191 Å². The van der Waals surface area contributed by atoms with E-state index in [0.29, 0.717) is 17.5 Å². The van der Waals surface area contributed by atoms with E-state index in [4.69, 9.17) is 19.4 Å². The second kappa shape index (κ2) is 14.0. The largest absolute Gasteiger partial charge is 0.456 e. The molecule has 0 bridgehead atoms. The summed E-state index contributed by atoms with van der Waals surface area (Å²) in [4.78, 5) is 15.4. The highest BCUT2D eigenvalue weighted by Crippen LogP contribution is 2.41. The summed E-state index contributed by atoms with van der Waals surface area (Å²) in [5, 5.41) is 6.90. The second-order valence-corrected chi connectivity index (χ2v) is 16.0. The molecule has 6 nitrogen and oxygen atoms in total. The van der Waals surface area contributed by atoms with E-state index in [1.165, 1.54) is 32.6 Å². The fourth-order valence-corrected chi connectivity index (χ4v) is 9.50. The molecular formula is C57H35N5O. The van der Waals surface area contributed by atoms with Gasteiger partial charge in [-0.2, -0.15) is 0 Å². The molecule has 13 rings (SSSR count). The van der Waals surface area contributed by atoms with Crippen molar-refractivity contribution < 1.29 is 4.42 Å². The molecule has 0 unspecified atom stereocenters. The summed E-state index contributed by atoms with van der Waals surface area (Å²) in [6, 6.07) is 74.4. The maximum Gasteiger partial charge on any atom is 0.164 e. The van der Waals surface area contributed by atoms with Crippen LogP contribution in [0.1, 0.15) is 0 Å². The summed E-state index contributed by atoms with van der Waals surface area (Å²) in [6.07, 6.45) is 0. The summed E-state index contributed by atoms with van der Waals surface area (Å²) in [7, 11) is 0. The molecule has 9 aromatic carbocycles. The van der Waals surface area contributed by atoms with E-state index < -0.39 is 0 Å². The molecule has 13 aromatic rings. The lowest BCUT2D eigenvalue weighted by Gasteiger charge is -2.11. The first kappa shape index (κ1) is 35.2. The van der Waals surface area contributed by atoms with Gasteiger partial charge >= 0.3 is 0 Å². The molecule has 63 heavy (non-hydrogen) atoms. The van der Waals surface area contributed by atoms with Crippen LogP contribution >= 0.6 is 0 Å². The predicted octanol–water partition coefficient (Wildman–Crippen LogP) is 14.6. The minimum Gasteiger partial charge on any atom is -0.456 e. The average Bonchev–Trinajstić information content (AvgIpc) is 4.01. The molecule has 0 atom stereocenters. The van der Waals surface area contributed by atoms with Gasteiger partial charge in [0.05, 0.1) is 22.1 Å². The summed E-state index contributed by atoms with van der Waals surface area (Å²) in [5.41, 5.74) is 13.4. The van der Waals surface area contributed by atoms with Gasteiger partial charge in [-0.3, -0.25) is 0 Å². The Balaban J connectivity index is 0.955. The van der Waals surface area contributed by atoms with Crippen LogP contribution in [0.5, 0.6) is 0 Å². The van der Waals surface area contributed by atoms with Crippen molar-refractivity contribution in [2.75, 3.05) is 0 Å². The molecule has 6 heteroatoms. The van der Waals surface area contributed by atoms with Gasteiger partial charge in [-0.05, 0) is 72.3 Å². The summed E-state index contributed by atoms with van der Waals surface area (Å²) >= 11 is 0. The van der Waals surface area contributed by atoms with E-state index in [-0.39, 0.29) is 0 Å². The Morgan fingerprint density at radius 3 is 1.54 bits per heavy atom. The first-order valence-corrected chi connectivity index (χ1v) is 21.2. The number of benzene rings is 9. The Hall–Kier alpha value is -8.61. The molecule has 0 spiro atoms. The number of para-hydroxylation sites is 5. The third-order valence-electron chi connectivity index (χ3n) is 12.4. The minimum atomic E-state index is 0.575. The molecule has 0 saturated heterocycles. The summed E-state index contributed by atoms with van der Waals surface area (Å²) in [5.74, 6) is 1.78. The van der Waals surface area contributed by atoms with E-state index in [0.717, 1.165) is 72.2 Å². The number of hydrogen-bond donors (Lipinski definition) is 0. The second-order valence-electron chi connectivity index (χ2n) is 16.0. The van der Waals surface area contributed by atoms with Crippen LogP contribution in [0.4, 0.5) is 0 Å². The number of furan rings is 1. The molecule has 4 aromatic heterocycles. The molecule has 0 radical (unpaired) electrons. The van der Waals surface area contributed by atoms with E-state index in [9.17, 15) is 0 Å². The molecule has 0 aliphatic rings. The van der Waals surface area contributed by atoms with Gasteiger partial charge in [0.15, 0.2) is 17.5 Å². The monoisotopic (exact) mass is 805 g/mol. The van der Waals surface area contributed by atoms with Crippen LogP contribution in [0.3, 0.4) is 0 Å². The van der Waals surface area contributed by atoms with Crippen molar-refractivity contribution in [3.8, 4) is 56.7 Å². The zero-order chi connectivity index (χ0) is 41.4. The van der Waals surface area contributed by atoms with E-state index >= 15 is 0 Å². The number of rotatable bonds is 6. The highest BCUT2D eigenvalue weighted by molar-refractivity contribution is 6.15. The number of nitrogens with zero attached hydrogens (tertiary/aromatic N) is 5. The smallest absolute Gasteiger partial charge is 0.164 e. The SMILES string of the molecule is c1ccc(-c2nc(-c3ccc4c(c3)oc3ccc(-c5cccc6c7ccccc7n(-c7ccccc7)c56)cc34)nc(-c3ccc4c5ccccc5n(-c5ccccc5)c4c3)n2)cc1. The Bertz CT molecular complexity index is 3900. The maximum absolute atomic E-state index is 6.62. The van der Waals surface area contributed by atoms with Crippen molar-refractivity contribution in [3.05, 3.63) is 212 Å². The fraction of sp³-hybridized carbons (Fsp3) is 0. The predicted molar refractivity (Wildman–Crippen MR) is 258 cm³/mol. The third kappa shape index (κ3) is 5.62. The number of hydrogen-bond acceptors (Lipinski definition) is 4. The number of fused-ring (bicyclic) bond motifs is 9. The van der Waals surface area contributed by atoms with Gasteiger partial charge in [0.1, 0.15) is 11.2 Å². The molecule has 294 valence electrons. The molecule has 0 N–H and O–H groups in total. The fourth-order valence-electron chi connectivity index (χ4n) is 9.50. The zero-order valence-corrected chi connectivity index (χ0v) is 33.9. The van der Waals surface area contributed by atoms with Gasteiger partial charge in [-0.25, -0.2) is 15.0 Å². The summed E-state index contributed by atoms with van der Waals surface area (Å²) in [6.45, 7) is 0. The van der Waals surface area contributed by atoms with Crippen molar-refractivity contribution in [2.45, 2.75) is 0 Å². The van der Waals surface area contributed by atoms with Gasteiger partial charge in [0, 0.05) is 65.9 Å². The summed E-state index contributed by atoms with van der Waals surface area (Å²) < 4.78 is 11.3. The average molecular weight is 806 g/mol. The van der Waals surface area contributed by atoms with Crippen LogP contribution in [0.15, 0.2) is 217 Å². The molecular weight excluding hydrogens is 771 g/mol. The van der Waals surface area contributed by atoms with Crippen molar-refractivity contribution in [2.24, 2.45) is 0 Å². The lowest BCUT2D eigenvalue weighted by Crippen LogP contribution is -2.00. The third-order valence-corrected chi connectivity index (χ3v) is 12.4. The minimum absolute atomic E-state index is 0.575. The van der Waals surface area contributed by atoms with Crippen LogP contribution in [0, 0.1) is 0 Å². The van der Waals surface area contributed by atoms with Gasteiger partial charge in [-0.15, -0.1) is 0 Å². The Labute approximate surface area is 361 Å². The van der Waals surface area contributed by atoms with Gasteiger partial charge in [0.2, 0.25) is 0 Å². The zero-order valence-electron chi connectivity index (χ0n) is 33.9. The topological polar surface area (TPSA) is 61.7 Å². The molecule has 0 aliphatic carbocycles. The van der Waals surface area contributed by atoms with Crippen LogP contribution in [0.25, 0.3) is 122 Å². The van der Waals surface area contributed by atoms with Gasteiger partial charge in [0.25, 0.3) is 0 Å². The first-order chi connectivity index (χ1) is 31.2. The quantitative estimate of drug-likeness (QED) is 0.168. The lowest BCUT2D eigenvalue weighted by atomic mass is 9.99. The molecule has 4 heterocycles. The highest BCUT2D eigenvalue weighted by atomic mass is 16.3. The molecule has 0 saturated carbocycles. The van der Waals surface area contributed by atoms with Crippen LogP contribution in [0.2, 0.25) is 0 Å². The van der Waals surface area contributed by atoms with Crippen molar-refractivity contribution in [1.82, 2.24) is 24.1 Å². The van der Waals surface area contributed by atoms with E-state index in [1.54, 1.807) is 0 Å². The Kier molecular flexibility index (Phi) is 7.80. The van der Waals surface area contributed by atoms with Gasteiger partial charge < -0.3 is 13.6 Å². The maximum atomic E-state index is 6.62. The first-order valence-electron chi connectivity index (χ1n) is 21.2. The van der Waals surface area contributed by atoms with E-state index in [1.807, 2.05) is 30.3 Å². The molecule has 0 amide bonds. The van der Waals surface area contributed by atoms with Crippen molar-refractivity contribution in [3.63, 3.8) is 0 Å². The van der Waals surface area contributed by atoms with Crippen LogP contribution in [-0.2, 0) is 0 Å². The Morgan fingerprint density at radius 2 is 0.825 bits per heavy atom. The number of aromatic nitrogens is 5. The Morgan fingerprint density at radius 1 is 0.302 bits per heavy atom. The van der Waals surface area contributed by atoms with Crippen LogP contribution in [-0.4, -0.2) is 24.1 Å². The van der Waals surface area contributed by atoms with Crippen molar-refractivity contribution in [1.29, 1.82) is 0 Å².